The lowest BCUT2D eigenvalue weighted by Crippen LogP contribution is -2.24. The van der Waals surface area contributed by atoms with Crippen molar-refractivity contribution >= 4 is 23.5 Å². The SMILES string of the molecule is O=C(CCC(=O)OCCc1ccccc1)Nc1ccccc1C(=O)NCc1ccco1. The highest BCUT2D eigenvalue weighted by Crippen LogP contribution is 2.16. The van der Waals surface area contributed by atoms with Gasteiger partial charge in [0.1, 0.15) is 5.76 Å². The molecule has 1 heterocycles. The average molecular weight is 420 g/mol. The van der Waals surface area contributed by atoms with Gasteiger partial charge in [0, 0.05) is 12.8 Å². The van der Waals surface area contributed by atoms with Crippen molar-refractivity contribution in [1.29, 1.82) is 0 Å². The molecule has 31 heavy (non-hydrogen) atoms. The smallest absolute Gasteiger partial charge is 0.306 e. The zero-order chi connectivity index (χ0) is 21.9. The van der Waals surface area contributed by atoms with E-state index in [-0.39, 0.29) is 37.8 Å². The number of hydrogen-bond donors (Lipinski definition) is 2. The van der Waals surface area contributed by atoms with Crippen LogP contribution in [0.1, 0.15) is 34.5 Å². The van der Waals surface area contributed by atoms with Crippen LogP contribution in [0.2, 0.25) is 0 Å². The Morgan fingerprint density at radius 2 is 1.65 bits per heavy atom. The number of furan rings is 1. The first kappa shape index (κ1) is 21.8. The summed E-state index contributed by atoms with van der Waals surface area (Å²) in [5.74, 6) is -0.518. The minimum Gasteiger partial charge on any atom is -0.467 e. The maximum Gasteiger partial charge on any atom is 0.306 e. The Bertz CT molecular complexity index is 1000. The van der Waals surface area contributed by atoms with E-state index in [0.29, 0.717) is 23.4 Å². The Morgan fingerprint density at radius 3 is 2.42 bits per heavy atom. The van der Waals surface area contributed by atoms with E-state index < -0.39 is 5.97 Å². The number of carbonyl (C=O) groups excluding carboxylic acids is 3. The molecule has 1 aromatic heterocycles. The molecule has 3 aromatic rings. The van der Waals surface area contributed by atoms with Gasteiger partial charge in [-0.1, -0.05) is 42.5 Å². The Labute approximate surface area is 180 Å². The number of ether oxygens (including phenoxy) is 1. The number of amides is 2. The lowest BCUT2D eigenvalue weighted by atomic mass is 10.1. The molecule has 7 heteroatoms. The quantitative estimate of drug-likeness (QED) is 0.487. The third kappa shape index (κ3) is 7.15. The lowest BCUT2D eigenvalue weighted by molar-refractivity contribution is -0.144. The van der Waals surface area contributed by atoms with Crippen molar-refractivity contribution in [2.45, 2.75) is 25.8 Å². The van der Waals surface area contributed by atoms with E-state index >= 15 is 0 Å². The number of anilines is 1. The highest BCUT2D eigenvalue weighted by molar-refractivity contribution is 6.04. The van der Waals surface area contributed by atoms with E-state index in [0.717, 1.165) is 5.56 Å². The molecular weight excluding hydrogens is 396 g/mol. The molecule has 2 N–H and O–H groups in total. The number of para-hydroxylation sites is 1. The van der Waals surface area contributed by atoms with Crippen LogP contribution in [-0.2, 0) is 27.3 Å². The minimum absolute atomic E-state index is 0.0342. The summed E-state index contributed by atoms with van der Waals surface area (Å²) in [5, 5.41) is 5.43. The van der Waals surface area contributed by atoms with Crippen molar-refractivity contribution in [2.24, 2.45) is 0 Å². The van der Waals surface area contributed by atoms with Crippen LogP contribution < -0.4 is 10.6 Å². The summed E-state index contributed by atoms with van der Waals surface area (Å²) in [6.07, 6.45) is 2.08. The highest BCUT2D eigenvalue weighted by atomic mass is 16.5. The number of benzene rings is 2. The fraction of sp³-hybridized carbons (Fsp3) is 0.208. The van der Waals surface area contributed by atoms with Crippen molar-refractivity contribution in [3.8, 4) is 0 Å². The molecule has 2 amide bonds. The zero-order valence-corrected chi connectivity index (χ0v) is 17.0. The molecular formula is C24H24N2O5. The fourth-order valence-electron chi connectivity index (χ4n) is 2.89. The molecule has 0 saturated carbocycles. The van der Waals surface area contributed by atoms with E-state index in [2.05, 4.69) is 10.6 Å². The predicted molar refractivity (Wildman–Crippen MR) is 115 cm³/mol. The van der Waals surface area contributed by atoms with Gasteiger partial charge in [0.25, 0.3) is 5.91 Å². The molecule has 0 atom stereocenters. The molecule has 2 aromatic carbocycles. The van der Waals surface area contributed by atoms with Crippen LogP contribution in [0.25, 0.3) is 0 Å². The third-order valence-corrected chi connectivity index (χ3v) is 4.50. The Balaban J connectivity index is 1.43. The molecule has 0 aliphatic carbocycles. The van der Waals surface area contributed by atoms with Gasteiger partial charge in [-0.05, 0) is 29.8 Å². The van der Waals surface area contributed by atoms with Crippen molar-refractivity contribution in [3.05, 3.63) is 89.9 Å². The van der Waals surface area contributed by atoms with Gasteiger partial charge in [-0.2, -0.15) is 0 Å². The van der Waals surface area contributed by atoms with Crippen molar-refractivity contribution in [1.82, 2.24) is 5.32 Å². The summed E-state index contributed by atoms with van der Waals surface area (Å²) in [6.45, 7) is 0.506. The second-order valence-corrected chi connectivity index (χ2v) is 6.81. The van der Waals surface area contributed by atoms with E-state index in [1.807, 2.05) is 30.3 Å². The van der Waals surface area contributed by atoms with Crippen LogP contribution in [0.5, 0.6) is 0 Å². The second-order valence-electron chi connectivity index (χ2n) is 6.81. The topological polar surface area (TPSA) is 97.6 Å². The van der Waals surface area contributed by atoms with Gasteiger partial charge in [-0.3, -0.25) is 14.4 Å². The molecule has 0 radical (unpaired) electrons. The minimum atomic E-state index is -0.435. The first-order valence-electron chi connectivity index (χ1n) is 10.0. The van der Waals surface area contributed by atoms with Gasteiger partial charge in [-0.25, -0.2) is 0 Å². The summed E-state index contributed by atoms with van der Waals surface area (Å²) < 4.78 is 10.4. The van der Waals surface area contributed by atoms with Gasteiger partial charge in [0.2, 0.25) is 5.91 Å². The van der Waals surface area contributed by atoms with Crippen LogP contribution in [0.4, 0.5) is 5.69 Å². The number of rotatable bonds is 10. The first-order valence-corrected chi connectivity index (χ1v) is 10.0. The van der Waals surface area contributed by atoms with Crippen LogP contribution in [0.3, 0.4) is 0 Å². The number of esters is 1. The summed E-state index contributed by atoms with van der Waals surface area (Å²) in [5.41, 5.74) is 1.78. The lowest BCUT2D eigenvalue weighted by Gasteiger charge is -2.11. The fourth-order valence-corrected chi connectivity index (χ4v) is 2.89. The Hall–Kier alpha value is -3.87. The molecule has 0 aliphatic rings. The van der Waals surface area contributed by atoms with Crippen LogP contribution in [0.15, 0.2) is 77.4 Å². The monoisotopic (exact) mass is 420 g/mol. The van der Waals surface area contributed by atoms with Gasteiger partial charge in [-0.15, -0.1) is 0 Å². The largest absolute Gasteiger partial charge is 0.467 e. The van der Waals surface area contributed by atoms with Gasteiger partial charge >= 0.3 is 5.97 Å². The van der Waals surface area contributed by atoms with Crippen molar-refractivity contribution in [2.75, 3.05) is 11.9 Å². The molecule has 0 spiro atoms. The maximum absolute atomic E-state index is 12.5. The molecule has 0 aliphatic heterocycles. The number of carbonyl (C=O) groups is 3. The van der Waals surface area contributed by atoms with Gasteiger partial charge < -0.3 is 19.8 Å². The molecule has 0 unspecified atom stereocenters. The van der Waals surface area contributed by atoms with Crippen LogP contribution in [0, 0.1) is 0 Å². The molecule has 7 nitrogen and oxygen atoms in total. The average Bonchev–Trinajstić information content (AvgIpc) is 3.31. The molecule has 0 fully saturated rings. The Morgan fingerprint density at radius 1 is 0.871 bits per heavy atom. The van der Waals surface area contributed by atoms with Crippen molar-refractivity contribution in [3.63, 3.8) is 0 Å². The summed E-state index contributed by atoms with van der Waals surface area (Å²) in [7, 11) is 0. The molecule has 160 valence electrons. The van der Waals surface area contributed by atoms with E-state index in [1.165, 1.54) is 6.26 Å². The third-order valence-electron chi connectivity index (χ3n) is 4.50. The molecule has 0 saturated heterocycles. The summed E-state index contributed by atoms with van der Waals surface area (Å²) in [6, 6.07) is 19.9. The van der Waals surface area contributed by atoms with E-state index in [9.17, 15) is 14.4 Å². The van der Waals surface area contributed by atoms with E-state index in [1.54, 1.807) is 36.4 Å². The second kappa shape index (κ2) is 11.3. The number of hydrogen-bond acceptors (Lipinski definition) is 5. The normalized spacial score (nSPS) is 10.3. The van der Waals surface area contributed by atoms with Gasteiger partial charge in [0.15, 0.2) is 0 Å². The van der Waals surface area contributed by atoms with Gasteiger partial charge in [0.05, 0.1) is 37.1 Å². The number of nitrogens with one attached hydrogen (secondary N) is 2. The predicted octanol–water partition coefficient (Wildman–Crippen LogP) is 3.71. The Kier molecular flexibility index (Phi) is 7.99. The van der Waals surface area contributed by atoms with E-state index in [4.69, 9.17) is 9.15 Å². The maximum atomic E-state index is 12.5. The molecule has 0 bridgehead atoms. The standard InChI is InChI=1S/C24H24N2O5/c27-22(12-13-23(28)31-16-14-18-7-2-1-3-8-18)26-21-11-5-4-10-20(21)24(29)25-17-19-9-6-15-30-19/h1-11,15H,12-14,16-17H2,(H,25,29)(H,26,27). The van der Waals surface area contributed by atoms with Crippen LogP contribution >= 0.6 is 0 Å². The summed E-state index contributed by atoms with van der Waals surface area (Å²) >= 11 is 0. The highest BCUT2D eigenvalue weighted by Gasteiger charge is 2.14. The summed E-state index contributed by atoms with van der Waals surface area (Å²) in [4.78, 5) is 36.6. The zero-order valence-electron chi connectivity index (χ0n) is 17.0. The first-order chi connectivity index (χ1) is 15.1. The van der Waals surface area contributed by atoms with Crippen molar-refractivity contribution < 1.29 is 23.5 Å². The van der Waals surface area contributed by atoms with Crippen LogP contribution in [-0.4, -0.2) is 24.4 Å². The molecule has 3 rings (SSSR count).